The van der Waals surface area contributed by atoms with Gasteiger partial charge in [-0.05, 0) is 18.2 Å². The van der Waals surface area contributed by atoms with Gasteiger partial charge in [0.15, 0.2) is 5.78 Å². The predicted octanol–water partition coefficient (Wildman–Crippen LogP) is 1.91. The molecule has 0 aliphatic rings. The Hall–Kier alpha value is -3.01. The number of hydrogen-bond acceptors (Lipinski definition) is 6. The Morgan fingerprint density at radius 3 is 2.36 bits per heavy atom. The van der Waals surface area contributed by atoms with Gasteiger partial charge in [-0.2, -0.15) is 0 Å². The molecular weight excluding hydrogens is 411 g/mol. The summed E-state index contributed by atoms with van der Waals surface area (Å²) in [5, 5.41) is 15.9. The number of nitrogens with two attached hydrogens (primary N) is 1. The number of rotatable bonds is 7. The molecule has 0 bridgehead atoms. The molecule has 2 aromatic rings. The first kappa shape index (κ1) is 23.0. The van der Waals surface area contributed by atoms with Crippen LogP contribution in [0.15, 0.2) is 42.5 Å². The maximum Gasteiger partial charge on any atom is 0.270 e. The summed E-state index contributed by atoms with van der Waals surface area (Å²) in [6.45, 7) is -0.645. The van der Waals surface area contributed by atoms with Crippen LogP contribution in [0.25, 0.3) is 0 Å². The highest BCUT2D eigenvalue weighted by molar-refractivity contribution is 6.35. The second-order valence-corrected chi connectivity index (χ2v) is 5.73. The molecule has 9 nitrogen and oxygen atoms in total. The summed E-state index contributed by atoms with van der Waals surface area (Å²) in [4.78, 5) is 46.3. The lowest BCUT2D eigenvalue weighted by Crippen LogP contribution is -2.36. The quantitative estimate of drug-likeness (QED) is 0.350. The first-order valence-electron chi connectivity index (χ1n) is 7.67. The van der Waals surface area contributed by atoms with E-state index in [1.165, 1.54) is 18.2 Å². The molecule has 2 aromatic carbocycles. The molecule has 4 N–H and O–H groups in total. The zero-order valence-corrected chi connectivity index (χ0v) is 15.9. The Balaban J connectivity index is 0.00000392. The number of nitrogens with one attached hydrogen (secondary N) is 2. The summed E-state index contributed by atoms with van der Waals surface area (Å²) in [5.41, 5.74) is 4.90. The first-order valence-corrected chi connectivity index (χ1v) is 8.05. The minimum absolute atomic E-state index is 0. The zero-order valence-electron chi connectivity index (χ0n) is 14.3. The SMILES string of the molecule is Cl.NCC(=O)NCC(=O)Nc1ccc([N+](=O)[O-])cc1C(=O)c1ccccc1Cl. The van der Waals surface area contributed by atoms with Gasteiger partial charge in [0.1, 0.15) is 0 Å². The van der Waals surface area contributed by atoms with Gasteiger partial charge in [-0.25, -0.2) is 0 Å². The lowest BCUT2D eigenvalue weighted by atomic mass is 10.0. The van der Waals surface area contributed by atoms with Crippen molar-refractivity contribution in [3.63, 3.8) is 0 Å². The van der Waals surface area contributed by atoms with Gasteiger partial charge in [0.25, 0.3) is 5.69 Å². The topological polar surface area (TPSA) is 144 Å². The standard InChI is InChI=1S/C17H15ClN4O5.ClH/c18-13-4-2-1-3-11(13)17(25)12-7-10(22(26)27)5-6-14(12)21-16(24)9-20-15(23)8-19;/h1-7H,8-9,19H2,(H,20,23)(H,21,24);1H. The van der Waals surface area contributed by atoms with Gasteiger partial charge >= 0.3 is 0 Å². The van der Waals surface area contributed by atoms with Crippen molar-refractivity contribution in [2.75, 3.05) is 18.4 Å². The maximum atomic E-state index is 12.8. The highest BCUT2D eigenvalue weighted by Gasteiger charge is 2.21. The summed E-state index contributed by atoms with van der Waals surface area (Å²) in [7, 11) is 0. The van der Waals surface area contributed by atoms with E-state index in [1.54, 1.807) is 12.1 Å². The lowest BCUT2D eigenvalue weighted by molar-refractivity contribution is -0.384. The van der Waals surface area contributed by atoms with Crippen molar-refractivity contribution in [1.82, 2.24) is 5.32 Å². The van der Waals surface area contributed by atoms with E-state index in [2.05, 4.69) is 10.6 Å². The Bertz CT molecular complexity index is 920. The number of benzene rings is 2. The smallest absolute Gasteiger partial charge is 0.270 e. The van der Waals surface area contributed by atoms with Crippen molar-refractivity contribution in [2.45, 2.75) is 0 Å². The summed E-state index contributed by atoms with van der Waals surface area (Å²) in [6, 6.07) is 9.65. The zero-order chi connectivity index (χ0) is 20.0. The Morgan fingerprint density at radius 2 is 1.75 bits per heavy atom. The van der Waals surface area contributed by atoms with Gasteiger partial charge in [0.05, 0.1) is 34.3 Å². The fourth-order valence-electron chi connectivity index (χ4n) is 2.18. The minimum Gasteiger partial charge on any atom is -0.346 e. The molecule has 0 saturated heterocycles. The monoisotopic (exact) mass is 426 g/mol. The minimum atomic E-state index is -0.656. The van der Waals surface area contributed by atoms with E-state index >= 15 is 0 Å². The third kappa shape index (κ3) is 5.74. The number of carbonyl (C=O) groups excluding carboxylic acids is 3. The van der Waals surface area contributed by atoms with Crippen LogP contribution in [0.3, 0.4) is 0 Å². The van der Waals surface area contributed by atoms with Gasteiger partial charge in [0.2, 0.25) is 11.8 Å². The molecule has 148 valence electrons. The molecule has 2 amide bonds. The van der Waals surface area contributed by atoms with E-state index in [9.17, 15) is 24.5 Å². The second-order valence-electron chi connectivity index (χ2n) is 5.32. The van der Waals surface area contributed by atoms with Gasteiger partial charge in [0, 0.05) is 17.7 Å². The number of hydrogen-bond donors (Lipinski definition) is 3. The Morgan fingerprint density at radius 1 is 1.07 bits per heavy atom. The number of nitro groups is 1. The van der Waals surface area contributed by atoms with Crippen LogP contribution in [0, 0.1) is 10.1 Å². The summed E-state index contributed by atoms with van der Waals surface area (Å²) in [5.74, 6) is -1.74. The van der Waals surface area contributed by atoms with Gasteiger partial charge in [-0.1, -0.05) is 23.7 Å². The van der Waals surface area contributed by atoms with Gasteiger partial charge < -0.3 is 16.4 Å². The Kier molecular flexibility index (Phi) is 8.52. The van der Waals surface area contributed by atoms with E-state index in [0.29, 0.717) is 0 Å². The molecule has 0 heterocycles. The number of nitrogens with zero attached hydrogens (tertiary/aromatic N) is 1. The van der Waals surface area contributed by atoms with Crippen molar-refractivity contribution in [3.8, 4) is 0 Å². The average molecular weight is 427 g/mol. The van der Waals surface area contributed by atoms with Crippen LogP contribution < -0.4 is 16.4 Å². The molecule has 0 aliphatic heterocycles. The number of non-ortho nitro benzene ring substituents is 1. The molecule has 0 aromatic heterocycles. The molecular formula is C17H16Cl2N4O5. The van der Waals surface area contributed by atoms with E-state index in [4.69, 9.17) is 17.3 Å². The van der Waals surface area contributed by atoms with Crippen LogP contribution in [0.4, 0.5) is 11.4 Å². The third-order valence-electron chi connectivity index (χ3n) is 3.48. The lowest BCUT2D eigenvalue weighted by Gasteiger charge is -2.11. The summed E-state index contributed by atoms with van der Waals surface area (Å²) < 4.78 is 0. The average Bonchev–Trinajstić information content (AvgIpc) is 2.66. The van der Waals surface area contributed by atoms with E-state index in [0.717, 1.165) is 12.1 Å². The molecule has 2 rings (SSSR count). The van der Waals surface area contributed by atoms with Crippen LogP contribution in [0.5, 0.6) is 0 Å². The number of halogens is 2. The molecule has 0 radical (unpaired) electrons. The van der Waals surface area contributed by atoms with Crippen molar-refractivity contribution in [2.24, 2.45) is 5.73 Å². The van der Waals surface area contributed by atoms with Crippen molar-refractivity contribution in [3.05, 3.63) is 68.7 Å². The maximum absolute atomic E-state index is 12.8. The van der Waals surface area contributed by atoms with Crippen molar-refractivity contribution < 1.29 is 19.3 Å². The molecule has 0 aliphatic carbocycles. The molecule has 0 spiro atoms. The number of ketones is 1. The van der Waals surface area contributed by atoms with Gasteiger partial charge in [-0.15, -0.1) is 12.4 Å². The molecule has 0 saturated carbocycles. The highest BCUT2D eigenvalue weighted by Crippen LogP contribution is 2.27. The number of carbonyl (C=O) groups is 3. The van der Waals surface area contributed by atoms with Crippen LogP contribution in [0.1, 0.15) is 15.9 Å². The fourth-order valence-corrected chi connectivity index (χ4v) is 2.40. The van der Waals surface area contributed by atoms with Crippen LogP contribution >= 0.6 is 24.0 Å². The molecule has 0 unspecified atom stereocenters. The molecule has 11 heteroatoms. The molecule has 0 fully saturated rings. The van der Waals surface area contributed by atoms with Gasteiger partial charge in [-0.3, -0.25) is 24.5 Å². The van der Waals surface area contributed by atoms with Crippen LogP contribution in [-0.2, 0) is 9.59 Å². The summed E-state index contributed by atoms with van der Waals surface area (Å²) in [6.07, 6.45) is 0. The normalized spacial score (nSPS) is 9.79. The van der Waals surface area contributed by atoms with Crippen LogP contribution in [0.2, 0.25) is 5.02 Å². The number of amides is 2. The molecule has 0 atom stereocenters. The van der Waals surface area contributed by atoms with E-state index < -0.39 is 22.5 Å². The van der Waals surface area contributed by atoms with Crippen molar-refractivity contribution in [1.29, 1.82) is 0 Å². The largest absolute Gasteiger partial charge is 0.346 e. The number of nitro benzene ring substituents is 1. The Labute approximate surface area is 170 Å². The summed E-state index contributed by atoms with van der Waals surface area (Å²) >= 11 is 6.03. The first-order chi connectivity index (χ1) is 12.8. The van der Waals surface area contributed by atoms with E-state index in [-0.39, 0.29) is 53.0 Å². The fraction of sp³-hybridized carbons (Fsp3) is 0.118. The number of anilines is 1. The predicted molar refractivity (Wildman–Crippen MR) is 106 cm³/mol. The van der Waals surface area contributed by atoms with Crippen LogP contribution in [-0.4, -0.2) is 35.6 Å². The van der Waals surface area contributed by atoms with E-state index in [1.807, 2.05) is 0 Å². The second kappa shape index (κ2) is 10.4. The molecule has 28 heavy (non-hydrogen) atoms. The highest BCUT2D eigenvalue weighted by atomic mass is 35.5. The van der Waals surface area contributed by atoms with Crippen molar-refractivity contribution >= 4 is 53.0 Å². The third-order valence-corrected chi connectivity index (χ3v) is 3.81.